The Kier molecular flexibility index (Phi) is 2.96. The summed E-state index contributed by atoms with van der Waals surface area (Å²) in [4.78, 5) is 10.4. The number of rotatable bonds is 3. The summed E-state index contributed by atoms with van der Waals surface area (Å²) in [6, 6.07) is 3.93. The second kappa shape index (κ2) is 4.57. The third-order valence-corrected chi connectivity index (χ3v) is 2.27. The molecule has 0 aromatic carbocycles. The van der Waals surface area contributed by atoms with Gasteiger partial charge in [0.05, 0.1) is 17.4 Å². The Hall–Kier alpha value is -2.16. The summed E-state index contributed by atoms with van der Waals surface area (Å²) in [6.45, 7) is 5.73. The molecule has 0 radical (unpaired) electrons. The summed E-state index contributed by atoms with van der Waals surface area (Å²) in [5.74, 6) is 0. The molecule has 0 bridgehead atoms. The van der Waals surface area contributed by atoms with Gasteiger partial charge in [-0.1, -0.05) is 12.7 Å². The number of pyridine rings is 2. The second-order valence-corrected chi connectivity index (χ2v) is 3.33. The molecule has 80 valence electrons. The lowest BCUT2D eigenvalue weighted by molar-refractivity contribution is 1.24. The molecular weight excluding hydrogens is 198 g/mol. The predicted molar refractivity (Wildman–Crippen MR) is 67.0 cm³/mol. The van der Waals surface area contributed by atoms with Crippen molar-refractivity contribution in [2.24, 2.45) is 0 Å². The number of allylic oxidation sites excluding steroid dienone is 1. The number of hydrogen-bond acceptors (Lipinski definition) is 3. The van der Waals surface area contributed by atoms with Gasteiger partial charge in [0.1, 0.15) is 0 Å². The van der Waals surface area contributed by atoms with Gasteiger partial charge < -0.3 is 4.90 Å². The number of fused-ring (bicyclic) bond motifs is 1. The molecule has 2 aromatic heterocycles. The van der Waals surface area contributed by atoms with E-state index in [1.807, 2.05) is 48.6 Å². The highest BCUT2D eigenvalue weighted by atomic mass is 15.1. The number of nitrogens with zero attached hydrogens (tertiary/aromatic N) is 3. The molecule has 3 nitrogen and oxygen atoms in total. The van der Waals surface area contributed by atoms with Crippen LogP contribution in [0.15, 0.2) is 55.8 Å². The summed E-state index contributed by atoms with van der Waals surface area (Å²) in [5.41, 5.74) is 1.93. The molecule has 0 fully saturated rings. The molecule has 16 heavy (non-hydrogen) atoms. The van der Waals surface area contributed by atoms with Gasteiger partial charge in [-0.3, -0.25) is 9.97 Å². The Bertz CT molecular complexity index is 531. The van der Waals surface area contributed by atoms with Crippen molar-refractivity contribution in [3.8, 4) is 0 Å². The Balaban J connectivity index is 2.49. The maximum absolute atomic E-state index is 4.37. The zero-order valence-electron chi connectivity index (χ0n) is 9.17. The van der Waals surface area contributed by atoms with Crippen LogP contribution in [0.4, 0.5) is 5.69 Å². The standard InChI is InChI=1S/C13H13N3/c1-3-7-16(4-2)12-8-11-9-14-6-5-13(11)15-10-12/h3-10H,2H2,1H3/b7-3-. The molecule has 0 N–H and O–H groups in total. The molecule has 0 aliphatic carbocycles. The van der Waals surface area contributed by atoms with Crippen LogP contribution in [0.3, 0.4) is 0 Å². The molecule has 2 rings (SSSR count). The highest BCUT2D eigenvalue weighted by molar-refractivity contribution is 5.81. The van der Waals surface area contributed by atoms with Crippen LogP contribution in [0.25, 0.3) is 10.9 Å². The molecule has 2 heterocycles. The zero-order chi connectivity index (χ0) is 11.4. The van der Waals surface area contributed by atoms with Crippen molar-refractivity contribution in [3.63, 3.8) is 0 Å². The van der Waals surface area contributed by atoms with E-state index in [2.05, 4.69) is 16.5 Å². The van der Waals surface area contributed by atoms with E-state index in [0.717, 1.165) is 16.6 Å². The average Bonchev–Trinajstić information content (AvgIpc) is 2.35. The summed E-state index contributed by atoms with van der Waals surface area (Å²) in [5, 5.41) is 1.02. The lowest BCUT2D eigenvalue weighted by Crippen LogP contribution is -2.06. The number of anilines is 1. The molecule has 0 aliphatic heterocycles. The Labute approximate surface area is 94.8 Å². The van der Waals surface area contributed by atoms with Gasteiger partial charge in [-0.2, -0.15) is 0 Å². The van der Waals surface area contributed by atoms with Gasteiger partial charge in [0.25, 0.3) is 0 Å². The quantitative estimate of drug-likeness (QED) is 0.781. The molecular formula is C13H13N3. The van der Waals surface area contributed by atoms with Gasteiger partial charge in [0, 0.05) is 30.2 Å². The van der Waals surface area contributed by atoms with Gasteiger partial charge in [0.2, 0.25) is 0 Å². The van der Waals surface area contributed by atoms with Crippen molar-refractivity contribution in [3.05, 3.63) is 55.8 Å². The zero-order valence-corrected chi connectivity index (χ0v) is 9.17. The molecule has 0 spiro atoms. The van der Waals surface area contributed by atoms with Gasteiger partial charge in [-0.15, -0.1) is 0 Å². The van der Waals surface area contributed by atoms with Crippen molar-refractivity contribution in [1.82, 2.24) is 9.97 Å². The minimum absolute atomic E-state index is 0.947. The van der Waals surface area contributed by atoms with Crippen LogP contribution in [-0.4, -0.2) is 9.97 Å². The van der Waals surface area contributed by atoms with Gasteiger partial charge in [-0.25, -0.2) is 0 Å². The average molecular weight is 211 g/mol. The molecule has 0 amide bonds. The van der Waals surface area contributed by atoms with E-state index in [9.17, 15) is 0 Å². The van der Waals surface area contributed by atoms with Crippen LogP contribution in [0.5, 0.6) is 0 Å². The fourth-order valence-corrected chi connectivity index (χ4v) is 1.51. The topological polar surface area (TPSA) is 29.0 Å². The van der Waals surface area contributed by atoms with E-state index < -0.39 is 0 Å². The van der Waals surface area contributed by atoms with E-state index >= 15 is 0 Å². The monoisotopic (exact) mass is 211 g/mol. The summed E-state index contributed by atoms with van der Waals surface area (Å²) in [6.07, 6.45) is 11.0. The Morgan fingerprint density at radius 3 is 3.00 bits per heavy atom. The van der Waals surface area contributed by atoms with E-state index in [0.29, 0.717) is 0 Å². The van der Waals surface area contributed by atoms with E-state index in [-0.39, 0.29) is 0 Å². The number of hydrogen-bond donors (Lipinski definition) is 0. The molecule has 0 atom stereocenters. The first-order valence-electron chi connectivity index (χ1n) is 5.08. The minimum Gasteiger partial charge on any atom is -0.323 e. The van der Waals surface area contributed by atoms with Gasteiger partial charge >= 0.3 is 0 Å². The Morgan fingerprint density at radius 2 is 2.25 bits per heavy atom. The highest BCUT2D eigenvalue weighted by Gasteiger charge is 2.01. The van der Waals surface area contributed by atoms with Crippen LogP contribution in [0, 0.1) is 0 Å². The van der Waals surface area contributed by atoms with E-state index in [4.69, 9.17) is 0 Å². The molecule has 2 aromatic rings. The highest BCUT2D eigenvalue weighted by Crippen LogP contribution is 2.19. The third kappa shape index (κ3) is 1.93. The molecule has 3 heteroatoms. The molecule has 0 saturated heterocycles. The van der Waals surface area contributed by atoms with E-state index in [1.54, 1.807) is 12.4 Å². The van der Waals surface area contributed by atoms with Crippen molar-refractivity contribution in [2.75, 3.05) is 4.90 Å². The first kappa shape index (κ1) is 10.4. The van der Waals surface area contributed by atoms with Gasteiger partial charge in [-0.05, 0) is 19.1 Å². The molecule has 0 aliphatic rings. The molecule has 0 saturated carbocycles. The Morgan fingerprint density at radius 1 is 1.38 bits per heavy atom. The second-order valence-electron chi connectivity index (χ2n) is 3.33. The van der Waals surface area contributed by atoms with E-state index in [1.165, 1.54) is 0 Å². The maximum atomic E-state index is 4.37. The van der Waals surface area contributed by atoms with Crippen LogP contribution in [0.2, 0.25) is 0 Å². The summed E-state index contributed by atoms with van der Waals surface area (Å²) in [7, 11) is 0. The largest absolute Gasteiger partial charge is 0.323 e. The van der Waals surface area contributed by atoms with Crippen molar-refractivity contribution >= 4 is 16.6 Å². The fraction of sp³-hybridized carbons (Fsp3) is 0.0769. The summed E-state index contributed by atoms with van der Waals surface area (Å²) >= 11 is 0. The lowest BCUT2D eigenvalue weighted by atomic mass is 10.2. The maximum Gasteiger partial charge on any atom is 0.0734 e. The van der Waals surface area contributed by atoms with Crippen molar-refractivity contribution < 1.29 is 0 Å². The van der Waals surface area contributed by atoms with Crippen molar-refractivity contribution in [2.45, 2.75) is 6.92 Å². The smallest absolute Gasteiger partial charge is 0.0734 e. The first-order valence-corrected chi connectivity index (χ1v) is 5.08. The van der Waals surface area contributed by atoms with Crippen LogP contribution in [-0.2, 0) is 0 Å². The first-order chi connectivity index (χ1) is 7.85. The van der Waals surface area contributed by atoms with Crippen molar-refractivity contribution in [1.29, 1.82) is 0 Å². The predicted octanol–water partition coefficient (Wildman–Crippen LogP) is 3.11. The molecule has 0 unspecified atom stereocenters. The van der Waals surface area contributed by atoms with Gasteiger partial charge in [0.15, 0.2) is 0 Å². The van der Waals surface area contributed by atoms with Crippen LogP contribution >= 0.6 is 0 Å². The van der Waals surface area contributed by atoms with Crippen LogP contribution < -0.4 is 4.90 Å². The SMILES string of the molecule is C=CN(/C=C\C)c1cnc2ccncc2c1. The normalized spacial score (nSPS) is 10.8. The minimum atomic E-state index is 0.947. The fourth-order valence-electron chi connectivity index (χ4n) is 1.51. The summed E-state index contributed by atoms with van der Waals surface area (Å²) < 4.78 is 0. The van der Waals surface area contributed by atoms with Crippen LogP contribution in [0.1, 0.15) is 6.92 Å². The third-order valence-electron chi connectivity index (χ3n) is 2.27. The number of aromatic nitrogens is 2. The lowest BCUT2D eigenvalue weighted by Gasteiger charge is -2.14.